The molecule has 128 valence electrons. The average Bonchev–Trinajstić information content (AvgIpc) is 2.50. The topological polar surface area (TPSA) is 75.3 Å². The van der Waals surface area contributed by atoms with Crippen LogP contribution in [0.15, 0.2) is 24.3 Å². The van der Waals surface area contributed by atoms with Crippen molar-refractivity contribution in [2.45, 2.75) is 38.6 Å². The van der Waals surface area contributed by atoms with Crippen LogP contribution in [0, 0.1) is 11.7 Å². The first-order valence-electron chi connectivity index (χ1n) is 7.91. The van der Waals surface area contributed by atoms with E-state index >= 15 is 0 Å². The van der Waals surface area contributed by atoms with Crippen molar-refractivity contribution in [1.29, 1.82) is 0 Å². The molecule has 0 unspecified atom stereocenters. The van der Waals surface area contributed by atoms with Crippen LogP contribution < -0.4 is 10.0 Å². The number of hydrogen-bond acceptors (Lipinski definition) is 3. The van der Waals surface area contributed by atoms with Crippen molar-refractivity contribution >= 4 is 15.9 Å². The molecule has 0 radical (unpaired) electrons. The van der Waals surface area contributed by atoms with Crippen LogP contribution in [0.1, 0.15) is 43.0 Å². The Bertz CT molecular complexity index is 631. The summed E-state index contributed by atoms with van der Waals surface area (Å²) in [6.45, 7) is 2.08. The smallest absolute Gasteiger partial charge is 0.251 e. The third kappa shape index (κ3) is 5.58. The lowest BCUT2D eigenvalue weighted by Crippen LogP contribution is -2.43. The summed E-state index contributed by atoms with van der Waals surface area (Å²) in [4.78, 5) is 11.8. The van der Waals surface area contributed by atoms with E-state index in [1.165, 1.54) is 24.3 Å². The van der Waals surface area contributed by atoms with Crippen LogP contribution in [0.4, 0.5) is 4.39 Å². The van der Waals surface area contributed by atoms with Crippen molar-refractivity contribution in [3.05, 3.63) is 35.6 Å². The number of sulfonamides is 1. The molecule has 2 atom stereocenters. The summed E-state index contributed by atoms with van der Waals surface area (Å²) >= 11 is 0. The van der Waals surface area contributed by atoms with Gasteiger partial charge in [0.1, 0.15) is 5.82 Å². The molecule has 1 amide bonds. The van der Waals surface area contributed by atoms with E-state index in [0.29, 0.717) is 11.5 Å². The van der Waals surface area contributed by atoms with Crippen molar-refractivity contribution in [1.82, 2.24) is 10.0 Å². The standard InChI is InChI=1S/C16H23FN2O3S/c1-12-4-2-3-5-15(12)19-23(21,22)11-10-18-16(20)13-6-8-14(17)9-7-13/h6-9,12,15,19H,2-5,10-11H2,1H3,(H,18,20)/t12-,15+/m0/s1. The van der Waals surface area contributed by atoms with Crippen LogP contribution in [-0.4, -0.2) is 32.7 Å². The van der Waals surface area contributed by atoms with Gasteiger partial charge in [0.05, 0.1) is 5.75 Å². The van der Waals surface area contributed by atoms with Gasteiger partial charge in [-0.1, -0.05) is 19.8 Å². The van der Waals surface area contributed by atoms with Crippen LogP contribution in [0.2, 0.25) is 0 Å². The molecule has 23 heavy (non-hydrogen) atoms. The summed E-state index contributed by atoms with van der Waals surface area (Å²) in [6.07, 6.45) is 4.09. The Balaban J connectivity index is 1.80. The molecule has 0 bridgehead atoms. The lowest BCUT2D eigenvalue weighted by atomic mass is 9.87. The Hall–Kier alpha value is -1.47. The molecule has 1 saturated carbocycles. The number of benzene rings is 1. The van der Waals surface area contributed by atoms with Gasteiger partial charge in [-0.25, -0.2) is 17.5 Å². The Morgan fingerprint density at radius 2 is 1.87 bits per heavy atom. The Labute approximate surface area is 136 Å². The molecule has 0 saturated heterocycles. The molecule has 0 aliphatic heterocycles. The average molecular weight is 342 g/mol. The van der Waals surface area contributed by atoms with Crippen molar-refractivity contribution in [2.75, 3.05) is 12.3 Å². The van der Waals surface area contributed by atoms with E-state index in [1.54, 1.807) is 0 Å². The second-order valence-corrected chi connectivity index (χ2v) is 7.94. The van der Waals surface area contributed by atoms with Crippen LogP contribution in [0.3, 0.4) is 0 Å². The molecule has 1 fully saturated rings. The number of carbonyl (C=O) groups is 1. The normalized spacial score (nSPS) is 21.8. The van der Waals surface area contributed by atoms with E-state index in [1.807, 2.05) is 0 Å². The van der Waals surface area contributed by atoms with Gasteiger partial charge in [0.25, 0.3) is 5.91 Å². The first-order valence-corrected chi connectivity index (χ1v) is 9.56. The molecule has 1 aliphatic rings. The Morgan fingerprint density at radius 1 is 1.22 bits per heavy atom. The second kappa shape index (κ2) is 7.88. The SMILES string of the molecule is C[C@H]1CCCC[C@H]1NS(=O)(=O)CCNC(=O)c1ccc(F)cc1. The van der Waals surface area contributed by atoms with Gasteiger partial charge in [-0.05, 0) is 43.0 Å². The monoisotopic (exact) mass is 342 g/mol. The first kappa shape index (κ1) is 17.9. The summed E-state index contributed by atoms with van der Waals surface area (Å²) in [6, 6.07) is 5.10. The third-order valence-corrected chi connectivity index (χ3v) is 5.61. The van der Waals surface area contributed by atoms with Crippen LogP contribution >= 0.6 is 0 Å². The molecule has 1 aliphatic carbocycles. The zero-order valence-corrected chi connectivity index (χ0v) is 14.0. The van der Waals surface area contributed by atoms with Crippen molar-refractivity contribution in [3.8, 4) is 0 Å². The highest BCUT2D eigenvalue weighted by Crippen LogP contribution is 2.24. The largest absolute Gasteiger partial charge is 0.351 e. The zero-order valence-electron chi connectivity index (χ0n) is 13.2. The van der Waals surface area contributed by atoms with Crippen molar-refractivity contribution in [2.24, 2.45) is 5.92 Å². The molecule has 0 aromatic heterocycles. The van der Waals surface area contributed by atoms with Gasteiger partial charge in [0.15, 0.2) is 0 Å². The summed E-state index contributed by atoms with van der Waals surface area (Å²) in [5.41, 5.74) is 0.303. The molecule has 5 nitrogen and oxygen atoms in total. The molecule has 0 spiro atoms. The van der Waals surface area contributed by atoms with Gasteiger partial charge in [-0.3, -0.25) is 4.79 Å². The minimum Gasteiger partial charge on any atom is -0.351 e. The van der Waals surface area contributed by atoms with E-state index in [-0.39, 0.29) is 18.3 Å². The lowest BCUT2D eigenvalue weighted by molar-refractivity contribution is 0.0956. The highest BCUT2D eigenvalue weighted by molar-refractivity contribution is 7.89. The van der Waals surface area contributed by atoms with E-state index in [0.717, 1.165) is 25.7 Å². The Morgan fingerprint density at radius 3 is 2.52 bits per heavy atom. The number of carbonyl (C=O) groups excluding carboxylic acids is 1. The quantitative estimate of drug-likeness (QED) is 0.831. The van der Waals surface area contributed by atoms with E-state index in [4.69, 9.17) is 0 Å². The first-order chi connectivity index (χ1) is 10.9. The summed E-state index contributed by atoms with van der Waals surface area (Å²) in [5, 5.41) is 2.54. The van der Waals surface area contributed by atoms with Crippen LogP contribution in [-0.2, 0) is 10.0 Å². The molecule has 7 heteroatoms. The molecule has 2 rings (SSSR count). The van der Waals surface area contributed by atoms with Gasteiger partial charge in [0.2, 0.25) is 10.0 Å². The number of rotatable bonds is 6. The molecule has 1 aromatic rings. The predicted octanol–water partition coefficient (Wildman–Crippen LogP) is 2.05. The number of nitrogens with one attached hydrogen (secondary N) is 2. The highest BCUT2D eigenvalue weighted by Gasteiger charge is 2.25. The fourth-order valence-corrected chi connectivity index (χ4v) is 4.08. The molecular formula is C16H23FN2O3S. The predicted molar refractivity (Wildman–Crippen MR) is 87.1 cm³/mol. The molecular weight excluding hydrogens is 319 g/mol. The van der Waals surface area contributed by atoms with Crippen LogP contribution in [0.5, 0.6) is 0 Å². The number of hydrogen-bond donors (Lipinski definition) is 2. The molecule has 1 aromatic carbocycles. The van der Waals surface area contributed by atoms with Gasteiger partial charge < -0.3 is 5.32 Å². The van der Waals surface area contributed by atoms with Gasteiger partial charge >= 0.3 is 0 Å². The van der Waals surface area contributed by atoms with Gasteiger partial charge in [-0.2, -0.15) is 0 Å². The van der Waals surface area contributed by atoms with Crippen molar-refractivity contribution in [3.63, 3.8) is 0 Å². The summed E-state index contributed by atoms with van der Waals surface area (Å²) in [5.74, 6) is -0.656. The minimum atomic E-state index is -3.42. The van der Waals surface area contributed by atoms with E-state index in [9.17, 15) is 17.6 Å². The maximum atomic E-state index is 12.8. The maximum Gasteiger partial charge on any atom is 0.251 e. The van der Waals surface area contributed by atoms with Crippen molar-refractivity contribution < 1.29 is 17.6 Å². The third-order valence-electron chi connectivity index (χ3n) is 4.21. The summed E-state index contributed by atoms with van der Waals surface area (Å²) < 4.78 is 39.7. The van der Waals surface area contributed by atoms with E-state index < -0.39 is 21.7 Å². The lowest BCUT2D eigenvalue weighted by Gasteiger charge is -2.29. The van der Waals surface area contributed by atoms with Gasteiger partial charge in [0, 0.05) is 18.2 Å². The Kier molecular flexibility index (Phi) is 6.12. The van der Waals surface area contributed by atoms with E-state index in [2.05, 4.69) is 17.0 Å². The minimum absolute atomic E-state index is 0.0125. The highest BCUT2D eigenvalue weighted by atomic mass is 32.2. The zero-order chi connectivity index (χ0) is 16.9. The van der Waals surface area contributed by atoms with Gasteiger partial charge in [-0.15, -0.1) is 0 Å². The maximum absolute atomic E-state index is 12.8. The molecule has 2 N–H and O–H groups in total. The number of amides is 1. The molecule has 0 heterocycles. The fraction of sp³-hybridized carbons (Fsp3) is 0.562. The fourth-order valence-electron chi connectivity index (χ4n) is 2.78. The number of halogens is 1. The summed E-state index contributed by atoms with van der Waals surface area (Å²) in [7, 11) is -3.42. The van der Waals surface area contributed by atoms with Crippen LogP contribution in [0.25, 0.3) is 0 Å². The second-order valence-electron chi connectivity index (χ2n) is 6.07.